The molecule has 0 aromatic heterocycles. The van der Waals surface area contributed by atoms with Crippen molar-refractivity contribution in [3.8, 4) is 0 Å². The van der Waals surface area contributed by atoms with Crippen molar-refractivity contribution in [1.82, 2.24) is 5.32 Å². The summed E-state index contributed by atoms with van der Waals surface area (Å²) < 4.78 is 0. The van der Waals surface area contributed by atoms with Gasteiger partial charge in [0.25, 0.3) is 0 Å². The van der Waals surface area contributed by atoms with Crippen molar-refractivity contribution in [3.63, 3.8) is 0 Å². The number of amides is 1. The van der Waals surface area contributed by atoms with E-state index in [9.17, 15) is 9.59 Å². The third-order valence-corrected chi connectivity index (χ3v) is 5.74. The Morgan fingerprint density at radius 3 is 1.57 bits per heavy atom. The number of unbranched alkanes of at least 4 members (excludes halogenated alkanes) is 14. The number of carbonyl (C=O) groups excluding carboxylic acids is 1. The Balaban J connectivity index is 3.14. The summed E-state index contributed by atoms with van der Waals surface area (Å²) in [5.41, 5.74) is 5.76. The van der Waals surface area contributed by atoms with Gasteiger partial charge in [0.05, 0.1) is 6.04 Å². The van der Waals surface area contributed by atoms with Gasteiger partial charge in [0, 0.05) is 18.7 Å². The summed E-state index contributed by atoms with van der Waals surface area (Å²) in [4.78, 5) is 22.0. The molecule has 1 unspecified atom stereocenters. The quantitative estimate of drug-likeness (QED) is 0.226. The predicted molar refractivity (Wildman–Crippen MR) is 121 cm³/mol. The van der Waals surface area contributed by atoms with Crippen LogP contribution in [0.25, 0.3) is 0 Å². The zero-order valence-electron chi connectivity index (χ0n) is 18.1. The van der Waals surface area contributed by atoms with E-state index in [0.29, 0.717) is 12.2 Å². The van der Waals surface area contributed by atoms with Crippen molar-refractivity contribution in [2.24, 2.45) is 5.73 Å². The molecule has 28 heavy (non-hydrogen) atoms. The third-order valence-electron chi connectivity index (χ3n) is 5.05. The molecule has 0 bridgehead atoms. The molecule has 0 aliphatic rings. The van der Waals surface area contributed by atoms with Crippen LogP contribution in [0.4, 0.5) is 0 Å². The fraction of sp³-hybridized carbons (Fsp3) is 0.909. The summed E-state index contributed by atoms with van der Waals surface area (Å²) in [6.07, 6.45) is 20.7. The van der Waals surface area contributed by atoms with E-state index in [1.807, 2.05) is 6.26 Å². The molecule has 5 nitrogen and oxygen atoms in total. The van der Waals surface area contributed by atoms with Gasteiger partial charge < -0.3 is 16.2 Å². The van der Waals surface area contributed by atoms with Crippen LogP contribution in [0.5, 0.6) is 0 Å². The van der Waals surface area contributed by atoms with Crippen LogP contribution in [0.15, 0.2) is 0 Å². The summed E-state index contributed by atoms with van der Waals surface area (Å²) in [6, 6.07) is -0.376. The number of thioether (sulfide) groups is 1. The van der Waals surface area contributed by atoms with Crippen molar-refractivity contribution in [2.75, 3.05) is 18.6 Å². The lowest BCUT2D eigenvalue weighted by molar-refractivity contribution is -0.137. The highest BCUT2D eigenvalue weighted by atomic mass is 32.2. The number of carboxylic acid groups (broad SMARTS) is 1. The Kier molecular flexibility index (Phi) is 20.4. The van der Waals surface area contributed by atoms with Gasteiger partial charge in [-0.25, -0.2) is 0 Å². The predicted octanol–water partition coefficient (Wildman–Crippen LogP) is 5.12. The van der Waals surface area contributed by atoms with Crippen LogP contribution in [-0.4, -0.2) is 41.6 Å². The number of hydrogen-bond acceptors (Lipinski definition) is 4. The van der Waals surface area contributed by atoms with Gasteiger partial charge in [-0.1, -0.05) is 83.5 Å². The van der Waals surface area contributed by atoms with Crippen LogP contribution in [-0.2, 0) is 9.59 Å². The van der Waals surface area contributed by atoms with E-state index >= 15 is 0 Å². The molecule has 0 rings (SSSR count). The normalized spacial score (nSPS) is 12.1. The molecule has 0 aliphatic carbocycles. The number of rotatable bonds is 21. The molecule has 0 heterocycles. The molecule has 0 radical (unpaired) electrons. The Labute approximate surface area is 177 Å². The summed E-state index contributed by atoms with van der Waals surface area (Å²) in [7, 11) is 0. The largest absolute Gasteiger partial charge is 0.481 e. The van der Waals surface area contributed by atoms with Gasteiger partial charge in [-0.3, -0.25) is 9.59 Å². The van der Waals surface area contributed by atoms with E-state index in [1.54, 1.807) is 11.8 Å². The second-order valence-corrected chi connectivity index (χ2v) is 8.71. The lowest BCUT2D eigenvalue weighted by Crippen LogP contribution is -2.42. The molecule has 1 amide bonds. The lowest BCUT2D eigenvalue weighted by atomic mass is 10.0. The van der Waals surface area contributed by atoms with Crippen molar-refractivity contribution in [2.45, 2.75) is 109 Å². The summed E-state index contributed by atoms with van der Waals surface area (Å²) in [5, 5.41) is 11.5. The van der Waals surface area contributed by atoms with Crippen molar-refractivity contribution >= 4 is 23.6 Å². The second-order valence-electron chi connectivity index (χ2n) is 7.80. The topological polar surface area (TPSA) is 92.4 Å². The standard InChI is InChI=1S/C22H44N2O3S/c1-28-19-20(23)22(27)24-18-16-14-12-10-8-6-4-2-3-5-7-9-11-13-15-17-21(25)26/h20H,2-19,23H2,1H3,(H,24,27)(H,25,26). The maximum atomic E-state index is 11.6. The van der Waals surface area contributed by atoms with Gasteiger partial charge >= 0.3 is 5.97 Å². The second kappa shape index (κ2) is 21.0. The van der Waals surface area contributed by atoms with Crippen molar-refractivity contribution in [3.05, 3.63) is 0 Å². The smallest absolute Gasteiger partial charge is 0.303 e. The Morgan fingerprint density at radius 1 is 0.786 bits per heavy atom. The summed E-state index contributed by atoms with van der Waals surface area (Å²) in [6.45, 7) is 0.750. The maximum Gasteiger partial charge on any atom is 0.303 e. The minimum absolute atomic E-state index is 0.0208. The molecule has 6 heteroatoms. The molecular formula is C22H44N2O3S. The highest BCUT2D eigenvalue weighted by Gasteiger charge is 2.10. The fourth-order valence-corrected chi connectivity index (χ4v) is 3.81. The van der Waals surface area contributed by atoms with E-state index in [1.165, 1.54) is 77.0 Å². The number of nitrogens with two attached hydrogens (primary N) is 1. The molecule has 0 aromatic rings. The Morgan fingerprint density at radius 2 is 1.18 bits per heavy atom. The molecule has 0 aliphatic heterocycles. The van der Waals surface area contributed by atoms with Crippen LogP contribution in [0.3, 0.4) is 0 Å². The fourth-order valence-electron chi connectivity index (χ4n) is 3.30. The minimum Gasteiger partial charge on any atom is -0.481 e. The first-order chi connectivity index (χ1) is 13.6. The van der Waals surface area contributed by atoms with Gasteiger partial charge in [0.2, 0.25) is 5.91 Å². The van der Waals surface area contributed by atoms with Crippen LogP contribution in [0, 0.1) is 0 Å². The zero-order chi connectivity index (χ0) is 20.9. The average Bonchev–Trinajstić information content (AvgIpc) is 2.66. The maximum absolute atomic E-state index is 11.6. The summed E-state index contributed by atoms with van der Waals surface area (Å²) >= 11 is 1.60. The zero-order valence-corrected chi connectivity index (χ0v) is 18.9. The van der Waals surface area contributed by atoms with Gasteiger partial charge in [-0.2, -0.15) is 11.8 Å². The molecule has 166 valence electrons. The Bertz CT molecular complexity index is 381. The lowest BCUT2D eigenvalue weighted by Gasteiger charge is -2.10. The van der Waals surface area contributed by atoms with Gasteiger partial charge in [-0.15, -0.1) is 0 Å². The number of carbonyl (C=O) groups is 2. The van der Waals surface area contributed by atoms with E-state index in [-0.39, 0.29) is 11.9 Å². The van der Waals surface area contributed by atoms with Crippen LogP contribution in [0.2, 0.25) is 0 Å². The molecule has 4 N–H and O–H groups in total. The number of nitrogens with one attached hydrogen (secondary N) is 1. The van der Waals surface area contributed by atoms with Gasteiger partial charge in [0.1, 0.15) is 0 Å². The first-order valence-electron chi connectivity index (χ1n) is 11.3. The minimum atomic E-state index is -0.671. The average molecular weight is 417 g/mol. The van der Waals surface area contributed by atoms with Crippen LogP contribution < -0.4 is 11.1 Å². The van der Waals surface area contributed by atoms with Crippen LogP contribution >= 0.6 is 11.8 Å². The molecule has 1 atom stereocenters. The van der Waals surface area contributed by atoms with Gasteiger partial charge in [-0.05, 0) is 19.1 Å². The first-order valence-corrected chi connectivity index (χ1v) is 12.7. The molecule has 0 spiro atoms. The first kappa shape index (κ1) is 27.2. The summed E-state index contributed by atoms with van der Waals surface area (Å²) in [5.74, 6) is -0.0104. The van der Waals surface area contributed by atoms with E-state index < -0.39 is 5.97 Å². The van der Waals surface area contributed by atoms with E-state index in [0.717, 1.165) is 25.8 Å². The highest BCUT2D eigenvalue weighted by Crippen LogP contribution is 2.13. The number of hydrogen-bond donors (Lipinski definition) is 3. The monoisotopic (exact) mass is 416 g/mol. The Hall–Kier alpha value is -0.750. The third kappa shape index (κ3) is 20.0. The molecule has 0 fully saturated rings. The number of aliphatic carboxylic acids is 1. The molecule has 0 aromatic carbocycles. The molecule has 0 saturated carbocycles. The molecular weight excluding hydrogens is 372 g/mol. The molecule has 0 saturated heterocycles. The van der Waals surface area contributed by atoms with Crippen molar-refractivity contribution < 1.29 is 14.7 Å². The SMILES string of the molecule is CSCC(N)C(=O)NCCCCCCCCCCCCCCCCCC(=O)O. The van der Waals surface area contributed by atoms with Gasteiger partial charge in [0.15, 0.2) is 0 Å². The van der Waals surface area contributed by atoms with E-state index in [4.69, 9.17) is 10.8 Å². The van der Waals surface area contributed by atoms with Crippen molar-refractivity contribution in [1.29, 1.82) is 0 Å². The van der Waals surface area contributed by atoms with E-state index in [2.05, 4.69) is 5.32 Å². The number of carboxylic acids is 1. The van der Waals surface area contributed by atoms with Crippen LogP contribution in [0.1, 0.15) is 103 Å². The highest BCUT2D eigenvalue weighted by molar-refractivity contribution is 7.98.